The molecule has 0 amide bonds. The number of aromatic amines is 1. The van der Waals surface area contributed by atoms with Gasteiger partial charge in [-0.2, -0.15) is 11.8 Å². The van der Waals surface area contributed by atoms with Gasteiger partial charge < -0.3 is 5.11 Å². The Bertz CT molecular complexity index is 514. The monoisotopic (exact) mass is 256 g/mol. The maximum Gasteiger partial charge on any atom is 0.331 e. The van der Waals surface area contributed by atoms with Gasteiger partial charge in [0.1, 0.15) is 0 Å². The fraction of sp³-hybridized carbons (Fsp3) is 0.636. The molecular formula is C11H16N2O3S. The van der Waals surface area contributed by atoms with E-state index >= 15 is 0 Å². The lowest BCUT2D eigenvalue weighted by atomic mass is 10.2. The number of nitrogens with one attached hydrogen (secondary N) is 1. The van der Waals surface area contributed by atoms with Crippen LogP contribution in [0.3, 0.4) is 0 Å². The number of hydrogen-bond donors (Lipinski definition) is 2. The maximum atomic E-state index is 11.6. The Balaban J connectivity index is 2.29. The van der Waals surface area contributed by atoms with Crippen molar-refractivity contribution >= 4 is 11.8 Å². The van der Waals surface area contributed by atoms with Gasteiger partial charge in [-0.15, -0.1) is 0 Å². The van der Waals surface area contributed by atoms with E-state index in [-0.39, 0.29) is 11.4 Å². The van der Waals surface area contributed by atoms with Gasteiger partial charge in [0.05, 0.1) is 5.56 Å². The van der Waals surface area contributed by atoms with Crippen molar-refractivity contribution in [2.24, 2.45) is 0 Å². The Hall–Kier alpha value is -1.17. The van der Waals surface area contributed by atoms with Gasteiger partial charge in [-0.3, -0.25) is 14.3 Å². The Labute approximate surface area is 103 Å². The maximum absolute atomic E-state index is 11.6. The topological polar surface area (TPSA) is 75.1 Å². The number of aromatic nitrogens is 2. The van der Waals surface area contributed by atoms with Gasteiger partial charge in [-0.05, 0) is 25.5 Å². The summed E-state index contributed by atoms with van der Waals surface area (Å²) in [7, 11) is 0. The van der Waals surface area contributed by atoms with Crippen LogP contribution in [0.5, 0.6) is 5.88 Å². The van der Waals surface area contributed by atoms with Crippen LogP contribution in [0.2, 0.25) is 0 Å². The smallest absolute Gasteiger partial charge is 0.331 e. The Morgan fingerprint density at radius 3 is 2.88 bits per heavy atom. The van der Waals surface area contributed by atoms with Crippen molar-refractivity contribution in [2.75, 3.05) is 5.75 Å². The van der Waals surface area contributed by atoms with Crippen molar-refractivity contribution in [3.05, 3.63) is 26.4 Å². The summed E-state index contributed by atoms with van der Waals surface area (Å²) < 4.78 is 1.26. The highest BCUT2D eigenvalue weighted by Gasteiger charge is 2.18. The van der Waals surface area contributed by atoms with Crippen LogP contribution >= 0.6 is 11.8 Å². The molecule has 1 unspecified atom stereocenters. The van der Waals surface area contributed by atoms with Crippen LogP contribution in [-0.4, -0.2) is 25.7 Å². The van der Waals surface area contributed by atoms with Gasteiger partial charge in [0.15, 0.2) is 0 Å². The van der Waals surface area contributed by atoms with Crippen molar-refractivity contribution in [2.45, 2.75) is 38.0 Å². The summed E-state index contributed by atoms with van der Waals surface area (Å²) in [5.41, 5.74) is -0.838. The molecule has 0 radical (unpaired) electrons. The predicted octanol–water partition coefficient (Wildman–Crippen LogP) is 0.836. The van der Waals surface area contributed by atoms with Crippen molar-refractivity contribution < 1.29 is 5.11 Å². The van der Waals surface area contributed by atoms with Crippen LogP contribution in [0.25, 0.3) is 0 Å². The molecule has 0 aliphatic carbocycles. The number of rotatable bonds is 2. The first-order chi connectivity index (χ1) is 8.09. The van der Waals surface area contributed by atoms with E-state index in [9.17, 15) is 14.7 Å². The summed E-state index contributed by atoms with van der Waals surface area (Å²) in [6.45, 7) is 1.98. The second kappa shape index (κ2) is 5.00. The van der Waals surface area contributed by atoms with E-state index in [1.54, 1.807) is 0 Å². The lowest BCUT2D eigenvalue weighted by molar-refractivity contribution is 0.390. The van der Waals surface area contributed by atoms with Crippen molar-refractivity contribution in [3.63, 3.8) is 0 Å². The lowest BCUT2D eigenvalue weighted by Gasteiger charge is -2.22. The Kier molecular flexibility index (Phi) is 3.61. The van der Waals surface area contributed by atoms with E-state index in [0.717, 1.165) is 18.6 Å². The minimum atomic E-state index is -0.524. The molecule has 0 saturated carbocycles. The molecule has 2 N–H and O–H groups in total. The van der Waals surface area contributed by atoms with Crippen LogP contribution in [0.4, 0.5) is 0 Å². The average molecular weight is 256 g/mol. The molecule has 1 fully saturated rings. The van der Waals surface area contributed by atoms with Gasteiger partial charge in [-0.25, -0.2) is 4.79 Å². The van der Waals surface area contributed by atoms with E-state index in [0.29, 0.717) is 11.8 Å². The molecule has 1 aromatic heterocycles. The average Bonchev–Trinajstić information content (AvgIpc) is 2.33. The van der Waals surface area contributed by atoms with E-state index in [4.69, 9.17) is 0 Å². The minimum absolute atomic E-state index is 0.199. The summed E-state index contributed by atoms with van der Waals surface area (Å²) in [5, 5.41) is 10.2. The highest BCUT2D eigenvalue weighted by molar-refractivity contribution is 7.99. The molecule has 0 bridgehead atoms. The standard InChI is InChI=1S/C11H16N2O3S/c1-7-9(14)12-11(16)13(10(7)15)6-8-4-2-3-5-17-8/h8,15H,2-6H2,1H3,(H,12,14,16). The zero-order valence-electron chi connectivity index (χ0n) is 9.73. The van der Waals surface area contributed by atoms with Gasteiger partial charge in [0.25, 0.3) is 5.56 Å². The molecule has 6 heteroatoms. The molecule has 17 heavy (non-hydrogen) atoms. The van der Waals surface area contributed by atoms with E-state index in [2.05, 4.69) is 4.98 Å². The normalized spacial score (nSPS) is 20.4. The molecule has 0 spiro atoms. The summed E-state index contributed by atoms with van der Waals surface area (Å²) in [6.07, 6.45) is 3.43. The fourth-order valence-corrected chi connectivity index (χ4v) is 3.27. The molecular weight excluding hydrogens is 240 g/mol. The highest BCUT2D eigenvalue weighted by atomic mass is 32.2. The summed E-state index contributed by atoms with van der Waals surface area (Å²) in [6, 6.07) is 0. The predicted molar refractivity (Wildman–Crippen MR) is 67.8 cm³/mol. The molecule has 1 aromatic rings. The second-order valence-corrected chi connectivity index (χ2v) is 5.72. The Morgan fingerprint density at radius 2 is 2.24 bits per heavy atom. The number of H-pyrrole nitrogens is 1. The van der Waals surface area contributed by atoms with E-state index in [1.165, 1.54) is 17.9 Å². The molecule has 2 rings (SSSR count). The number of thioether (sulfide) groups is 1. The SMILES string of the molecule is Cc1c(O)n(CC2CCCCS2)c(=O)[nH]c1=O. The zero-order valence-corrected chi connectivity index (χ0v) is 10.5. The van der Waals surface area contributed by atoms with Crippen LogP contribution in [0, 0.1) is 6.92 Å². The lowest BCUT2D eigenvalue weighted by Crippen LogP contribution is -2.34. The number of hydrogen-bond acceptors (Lipinski definition) is 4. The third-order valence-corrected chi connectivity index (χ3v) is 4.44. The highest BCUT2D eigenvalue weighted by Crippen LogP contribution is 2.26. The van der Waals surface area contributed by atoms with Crippen molar-refractivity contribution in [1.82, 2.24) is 9.55 Å². The van der Waals surface area contributed by atoms with Gasteiger partial charge in [0, 0.05) is 11.8 Å². The third kappa shape index (κ3) is 2.57. The molecule has 1 aliphatic rings. The number of nitrogens with zero attached hydrogens (tertiary/aromatic N) is 1. The van der Waals surface area contributed by atoms with Crippen LogP contribution in [0.15, 0.2) is 9.59 Å². The second-order valence-electron chi connectivity index (χ2n) is 4.31. The van der Waals surface area contributed by atoms with Gasteiger partial charge in [0.2, 0.25) is 5.88 Å². The van der Waals surface area contributed by atoms with Crippen LogP contribution in [-0.2, 0) is 6.54 Å². The molecule has 94 valence electrons. The van der Waals surface area contributed by atoms with Gasteiger partial charge >= 0.3 is 5.69 Å². The van der Waals surface area contributed by atoms with Gasteiger partial charge in [-0.1, -0.05) is 6.42 Å². The minimum Gasteiger partial charge on any atom is -0.494 e. The summed E-state index contributed by atoms with van der Waals surface area (Å²) in [5.74, 6) is 0.896. The first-order valence-corrected chi connectivity index (χ1v) is 6.78. The van der Waals surface area contributed by atoms with Crippen molar-refractivity contribution in [3.8, 4) is 5.88 Å². The molecule has 0 aromatic carbocycles. The zero-order chi connectivity index (χ0) is 12.4. The van der Waals surface area contributed by atoms with Crippen LogP contribution in [0.1, 0.15) is 24.8 Å². The molecule has 1 atom stereocenters. The fourth-order valence-electron chi connectivity index (χ4n) is 1.98. The quantitative estimate of drug-likeness (QED) is 0.822. The molecule has 1 aliphatic heterocycles. The molecule has 2 heterocycles. The third-order valence-electron chi connectivity index (χ3n) is 3.06. The van der Waals surface area contributed by atoms with Crippen LogP contribution < -0.4 is 11.2 Å². The van der Waals surface area contributed by atoms with E-state index in [1.807, 2.05) is 11.8 Å². The van der Waals surface area contributed by atoms with Crippen molar-refractivity contribution in [1.29, 1.82) is 0 Å². The molecule has 5 nitrogen and oxygen atoms in total. The number of aromatic hydroxyl groups is 1. The summed E-state index contributed by atoms with van der Waals surface area (Å²) in [4.78, 5) is 25.1. The first kappa shape index (κ1) is 12.3. The molecule has 1 saturated heterocycles. The first-order valence-electron chi connectivity index (χ1n) is 5.74. The summed E-state index contributed by atoms with van der Waals surface area (Å²) >= 11 is 1.82. The Morgan fingerprint density at radius 1 is 1.47 bits per heavy atom. The van der Waals surface area contributed by atoms with E-state index < -0.39 is 11.2 Å². The largest absolute Gasteiger partial charge is 0.494 e.